The summed E-state index contributed by atoms with van der Waals surface area (Å²) in [7, 11) is 0. The first-order chi connectivity index (χ1) is 17.6. The van der Waals surface area contributed by atoms with Crippen molar-refractivity contribution in [3.63, 3.8) is 0 Å². The van der Waals surface area contributed by atoms with E-state index in [1.165, 1.54) is 0 Å². The predicted molar refractivity (Wildman–Crippen MR) is 139 cm³/mol. The summed E-state index contributed by atoms with van der Waals surface area (Å²) < 4.78 is 0. The lowest BCUT2D eigenvalue weighted by atomic mass is 10.0. The van der Waals surface area contributed by atoms with Gasteiger partial charge >= 0.3 is 0 Å². The van der Waals surface area contributed by atoms with E-state index in [0.29, 0.717) is 29.7 Å². The van der Waals surface area contributed by atoms with Crippen LogP contribution >= 0.6 is 0 Å². The van der Waals surface area contributed by atoms with Crippen LogP contribution in [0, 0.1) is 0 Å². The second kappa shape index (κ2) is 10.6. The molecule has 2 aromatic heterocycles. The fourth-order valence-corrected chi connectivity index (χ4v) is 4.32. The Balaban J connectivity index is 1.43. The van der Waals surface area contributed by atoms with Crippen molar-refractivity contribution in [1.82, 2.24) is 19.9 Å². The van der Waals surface area contributed by atoms with Crippen LogP contribution in [-0.2, 0) is 0 Å². The quantitative estimate of drug-likeness (QED) is 0.627. The van der Waals surface area contributed by atoms with Crippen LogP contribution in [0.2, 0.25) is 0 Å². The topological polar surface area (TPSA) is 112 Å². The highest BCUT2D eigenvalue weighted by Gasteiger charge is 2.30. The van der Waals surface area contributed by atoms with Crippen molar-refractivity contribution in [2.24, 2.45) is 4.99 Å². The van der Waals surface area contributed by atoms with Crippen molar-refractivity contribution in [2.45, 2.75) is 51.0 Å². The number of amides is 2. The van der Waals surface area contributed by atoms with Gasteiger partial charge in [-0.1, -0.05) is 12.2 Å². The molecule has 0 radical (unpaired) electrons. The summed E-state index contributed by atoms with van der Waals surface area (Å²) in [6, 6.07) is 3.53. The van der Waals surface area contributed by atoms with E-state index in [1.54, 1.807) is 36.9 Å². The molecule has 1 unspecified atom stereocenters. The molecule has 9 heteroatoms. The van der Waals surface area contributed by atoms with E-state index in [1.807, 2.05) is 36.1 Å². The lowest BCUT2D eigenvalue weighted by Crippen LogP contribution is -2.42. The van der Waals surface area contributed by atoms with Gasteiger partial charge in [0.25, 0.3) is 11.8 Å². The number of nitrogens with one attached hydrogen (secondary N) is 2. The summed E-state index contributed by atoms with van der Waals surface area (Å²) >= 11 is 0. The highest BCUT2D eigenvalue weighted by molar-refractivity contribution is 6.09. The number of pyridine rings is 1. The normalized spacial score (nSPS) is 23.4. The number of aromatic nitrogens is 3. The second-order valence-electron chi connectivity index (χ2n) is 9.21. The molecule has 184 valence electrons. The molecule has 1 atom stereocenters. The Morgan fingerprint density at radius 1 is 1.06 bits per heavy atom. The van der Waals surface area contributed by atoms with Crippen LogP contribution in [0.5, 0.6) is 0 Å². The van der Waals surface area contributed by atoms with Gasteiger partial charge in [0.2, 0.25) is 0 Å². The third kappa shape index (κ3) is 5.40. The van der Waals surface area contributed by atoms with E-state index in [9.17, 15) is 9.59 Å². The van der Waals surface area contributed by atoms with Crippen LogP contribution in [0.25, 0.3) is 0 Å². The van der Waals surface area contributed by atoms with Crippen LogP contribution < -0.4 is 10.6 Å². The Labute approximate surface area is 210 Å². The van der Waals surface area contributed by atoms with E-state index in [4.69, 9.17) is 0 Å². The minimum atomic E-state index is -0.458. The Kier molecular flexibility index (Phi) is 6.97. The van der Waals surface area contributed by atoms with Gasteiger partial charge in [0, 0.05) is 30.9 Å². The minimum Gasteiger partial charge on any atom is -0.337 e. The van der Waals surface area contributed by atoms with Crippen molar-refractivity contribution in [3.8, 4) is 0 Å². The fourth-order valence-electron chi connectivity index (χ4n) is 4.32. The molecule has 0 spiro atoms. The van der Waals surface area contributed by atoms with Crippen LogP contribution in [0.3, 0.4) is 0 Å². The molecule has 2 fully saturated rings. The van der Waals surface area contributed by atoms with Gasteiger partial charge in [0.15, 0.2) is 17.2 Å². The van der Waals surface area contributed by atoms with Crippen LogP contribution in [-0.4, -0.2) is 50.5 Å². The third-order valence-corrected chi connectivity index (χ3v) is 6.47. The average Bonchev–Trinajstić information content (AvgIpc) is 3.72. The van der Waals surface area contributed by atoms with E-state index in [0.717, 1.165) is 37.8 Å². The molecule has 2 N–H and O–H groups in total. The summed E-state index contributed by atoms with van der Waals surface area (Å²) in [4.78, 5) is 46.4. The van der Waals surface area contributed by atoms with E-state index < -0.39 is 5.91 Å². The largest absolute Gasteiger partial charge is 0.337 e. The predicted octanol–water partition coefficient (Wildman–Crippen LogP) is 4.47. The van der Waals surface area contributed by atoms with E-state index >= 15 is 0 Å². The molecule has 0 bridgehead atoms. The minimum absolute atomic E-state index is 0.135. The smallest absolute Gasteiger partial charge is 0.278 e. The Hall–Kier alpha value is -4.14. The maximum Gasteiger partial charge on any atom is 0.278 e. The number of carbonyl (C=O) groups is 2. The molecule has 1 saturated carbocycles. The van der Waals surface area contributed by atoms with Gasteiger partial charge < -0.3 is 15.5 Å². The molecular weight excluding hydrogens is 454 g/mol. The first-order valence-electron chi connectivity index (χ1n) is 12.4. The van der Waals surface area contributed by atoms with Crippen molar-refractivity contribution < 1.29 is 9.59 Å². The summed E-state index contributed by atoms with van der Waals surface area (Å²) in [5.74, 6) is 0.00323. The maximum atomic E-state index is 13.5. The highest BCUT2D eigenvalue weighted by Crippen LogP contribution is 2.39. The summed E-state index contributed by atoms with van der Waals surface area (Å²) in [6.45, 7) is 2.74. The lowest BCUT2D eigenvalue weighted by molar-refractivity contribution is 0.0630. The van der Waals surface area contributed by atoms with Gasteiger partial charge in [-0.2, -0.15) is 0 Å². The molecule has 9 nitrogen and oxygen atoms in total. The fraction of sp³-hybridized carbons (Fsp3) is 0.333. The molecular formula is C27H29N7O2. The van der Waals surface area contributed by atoms with E-state index in [-0.39, 0.29) is 23.3 Å². The SMILES string of the molecule is CC1CCCCN1C(=O)c1ncccc1NC(=O)c1nc(C2CC2)cnc1NC1=C/C=C/C=C/N=C\1. The number of carbonyl (C=O) groups excluding carboxylic acids is 2. The number of piperidine rings is 1. The molecule has 5 rings (SSSR count). The molecule has 2 amide bonds. The van der Waals surface area contributed by atoms with Gasteiger partial charge in [0.1, 0.15) is 0 Å². The molecule has 2 aromatic rings. The first kappa shape index (κ1) is 23.6. The highest BCUT2D eigenvalue weighted by atomic mass is 16.2. The van der Waals surface area contributed by atoms with Gasteiger partial charge in [-0.15, -0.1) is 0 Å². The van der Waals surface area contributed by atoms with Gasteiger partial charge in [-0.05, 0) is 63.3 Å². The number of likely N-dealkylation sites (tertiary alicyclic amines) is 1. The zero-order valence-corrected chi connectivity index (χ0v) is 20.2. The number of anilines is 2. The Bertz CT molecular complexity index is 1280. The number of allylic oxidation sites excluding steroid dienone is 5. The molecule has 36 heavy (non-hydrogen) atoms. The van der Waals surface area contributed by atoms with Crippen LogP contribution in [0.1, 0.15) is 71.6 Å². The maximum absolute atomic E-state index is 13.5. The van der Waals surface area contributed by atoms with Gasteiger partial charge in [-0.3, -0.25) is 14.6 Å². The van der Waals surface area contributed by atoms with E-state index in [2.05, 4.69) is 30.6 Å². The molecule has 0 aromatic carbocycles. The van der Waals surface area contributed by atoms with Crippen molar-refractivity contribution >= 4 is 29.5 Å². The van der Waals surface area contributed by atoms with Crippen molar-refractivity contribution in [3.05, 3.63) is 77.8 Å². The van der Waals surface area contributed by atoms with Gasteiger partial charge in [-0.25, -0.2) is 15.0 Å². The summed E-state index contributed by atoms with van der Waals surface area (Å²) in [5, 5.41) is 6.05. The number of rotatable bonds is 6. The van der Waals surface area contributed by atoms with Crippen molar-refractivity contribution in [1.29, 1.82) is 0 Å². The van der Waals surface area contributed by atoms with Crippen molar-refractivity contribution in [2.75, 3.05) is 17.2 Å². The molecule has 2 aliphatic heterocycles. The number of hydrogen-bond donors (Lipinski definition) is 2. The number of hydrogen-bond acceptors (Lipinski definition) is 7. The zero-order chi connectivity index (χ0) is 24.9. The monoisotopic (exact) mass is 483 g/mol. The molecule has 1 aliphatic carbocycles. The first-order valence-corrected chi connectivity index (χ1v) is 12.4. The second-order valence-corrected chi connectivity index (χ2v) is 9.21. The summed E-state index contributed by atoms with van der Waals surface area (Å²) in [5.41, 5.74) is 2.19. The number of aliphatic imine (C=N–C) groups is 1. The molecule has 3 aliphatic rings. The third-order valence-electron chi connectivity index (χ3n) is 6.47. The number of nitrogens with zero attached hydrogens (tertiary/aromatic N) is 5. The van der Waals surface area contributed by atoms with Gasteiger partial charge in [0.05, 0.1) is 29.5 Å². The van der Waals surface area contributed by atoms with Crippen LogP contribution in [0.15, 0.2) is 65.7 Å². The summed E-state index contributed by atoms with van der Waals surface area (Å²) in [6.07, 6.45) is 19.1. The Morgan fingerprint density at radius 3 is 2.78 bits per heavy atom. The molecule has 1 saturated heterocycles. The average molecular weight is 484 g/mol. The Morgan fingerprint density at radius 2 is 1.94 bits per heavy atom. The standard InChI is InChI=1S/C27H29N7O2/c1-18-8-4-6-15-34(18)27(36)23-21(10-7-14-29-23)33-26(35)24-25(30-17-22(32-24)19-11-12-19)31-20-9-3-2-5-13-28-16-20/h2-3,5,7,9-10,13-14,16-19H,4,6,8,11-12,15H2,1H3,(H,30,31)(H,33,35)/b3-2+,5-2?,9-3?,13-5+,20-9+,20-16?,28-13?,28-16-. The lowest BCUT2D eigenvalue weighted by Gasteiger charge is -2.33. The van der Waals surface area contributed by atoms with Crippen LogP contribution in [0.4, 0.5) is 11.5 Å². The zero-order valence-electron chi connectivity index (χ0n) is 20.2. The molecule has 4 heterocycles.